The smallest absolute Gasteiger partial charge is 0.217 e. The lowest BCUT2D eigenvalue weighted by Gasteiger charge is -2.48. The molecule has 2 aliphatic rings. The fourth-order valence-electron chi connectivity index (χ4n) is 5.10. The minimum absolute atomic E-state index is 0.0453. The number of aromatic nitrogens is 2. The number of aliphatic hydroxyl groups excluding tert-OH is 1. The van der Waals surface area contributed by atoms with Gasteiger partial charge in [-0.25, -0.2) is 4.68 Å². The monoisotopic (exact) mass is 460 g/mol. The molecule has 34 heavy (non-hydrogen) atoms. The second kappa shape index (κ2) is 9.60. The van der Waals surface area contributed by atoms with E-state index in [0.717, 1.165) is 41.8 Å². The van der Waals surface area contributed by atoms with Gasteiger partial charge >= 0.3 is 0 Å². The van der Waals surface area contributed by atoms with Crippen LogP contribution in [0.25, 0.3) is 5.69 Å². The van der Waals surface area contributed by atoms with Gasteiger partial charge in [-0.2, -0.15) is 5.10 Å². The average molecular weight is 461 g/mol. The molecule has 1 aromatic heterocycles. The van der Waals surface area contributed by atoms with Crippen molar-refractivity contribution in [1.29, 1.82) is 0 Å². The zero-order valence-electron chi connectivity index (χ0n) is 19.5. The lowest BCUT2D eigenvalue weighted by atomic mass is 9.73. The Morgan fingerprint density at radius 1 is 1.24 bits per heavy atom. The van der Waals surface area contributed by atoms with Crippen LogP contribution in [0.4, 0.5) is 0 Å². The molecule has 1 spiro atoms. The largest absolute Gasteiger partial charge is 0.487 e. The molecule has 178 valence electrons. The number of benzene rings is 2. The summed E-state index contributed by atoms with van der Waals surface area (Å²) in [6.45, 7) is 1.86. The summed E-state index contributed by atoms with van der Waals surface area (Å²) in [7, 11) is 0. The number of hydrogen-bond acceptors (Lipinski definition) is 5. The van der Waals surface area contributed by atoms with Crippen LogP contribution >= 0.6 is 0 Å². The molecular weight excluding hydrogens is 428 g/mol. The molecule has 5 rings (SSSR count). The van der Waals surface area contributed by atoms with Crippen LogP contribution in [0.2, 0.25) is 0 Å². The van der Waals surface area contributed by atoms with Crippen molar-refractivity contribution in [3.8, 4) is 11.4 Å². The van der Waals surface area contributed by atoms with Crippen LogP contribution in [-0.4, -0.2) is 45.1 Å². The van der Waals surface area contributed by atoms with Gasteiger partial charge in [0.25, 0.3) is 0 Å². The molecule has 1 aliphatic carbocycles. The lowest BCUT2D eigenvalue weighted by molar-refractivity contribution is -0.120. The summed E-state index contributed by atoms with van der Waals surface area (Å²) in [6.07, 6.45) is 7.67. The Morgan fingerprint density at radius 2 is 2.06 bits per heavy atom. The normalized spacial score (nSPS) is 20.0. The Balaban J connectivity index is 1.34. The number of hydrogen-bond donors (Lipinski definition) is 3. The minimum atomic E-state index is -0.734. The van der Waals surface area contributed by atoms with Crippen LogP contribution in [0.3, 0.4) is 0 Å². The van der Waals surface area contributed by atoms with Crippen LogP contribution in [-0.2, 0) is 11.2 Å². The highest BCUT2D eigenvalue weighted by atomic mass is 16.5. The molecule has 0 radical (unpaired) electrons. The van der Waals surface area contributed by atoms with Crippen molar-refractivity contribution < 1.29 is 14.6 Å². The molecule has 2 heterocycles. The van der Waals surface area contributed by atoms with Crippen LogP contribution in [0.1, 0.15) is 49.8 Å². The third-order valence-corrected chi connectivity index (χ3v) is 7.03. The molecule has 1 fully saturated rings. The van der Waals surface area contributed by atoms with Crippen molar-refractivity contribution in [3.05, 3.63) is 78.1 Å². The fraction of sp³-hybridized carbons (Fsp3) is 0.407. The molecule has 0 bridgehead atoms. The van der Waals surface area contributed by atoms with E-state index in [1.165, 1.54) is 13.3 Å². The zero-order valence-corrected chi connectivity index (χ0v) is 19.5. The van der Waals surface area contributed by atoms with Gasteiger partial charge in [-0.15, -0.1) is 0 Å². The standard InChI is InChI=1S/C27H32N4O3/c1-19(32)30-23(15-20-7-3-2-4-8-20)25(33)18-28-24-17-27(11-5-12-27)34-26-10-9-21(16-22(24)26)31-14-6-13-29-31/h2-4,6-10,13-14,16,23-25,28,33H,5,11-12,15,17-18H2,1H3,(H,30,32)/t23-,24-,25+/m0/s1. The van der Waals surface area contributed by atoms with Gasteiger partial charge in [0, 0.05) is 43.9 Å². The Labute approximate surface area is 200 Å². The van der Waals surface area contributed by atoms with Crippen molar-refractivity contribution in [2.75, 3.05) is 6.54 Å². The summed E-state index contributed by atoms with van der Waals surface area (Å²) < 4.78 is 8.29. The molecule has 3 N–H and O–H groups in total. The molecule has 7 heteroatoms. The number of ether oxygens (including phenoxy) is 1. The van der Waals surface area contributed by atoms with E-state index in [2.05, 4.69) is 21.8 Å². The van der Waals surface area contributed by atoms with Crippen LogP contribution < -0.4 is 15.4 Å². The van der Waals surface area contributed by atoms with Gasteiger partial charge in [0.15, 0.2) is 0 Å². The third-order valence-electron chi connectivity index (χ3n) is 7.03. The Kier molecular flexibility index (Phi) is 6.39. The summed E-state index contributed by atoms with van der Waals surface area (Å²) in [5.41, 5.74) is 3.01. The van der Waals surface area contributed by atoms with E-state index in [1.807, 2.05) is 59.4 Å². The first-order valence-electron chi connectivity index (χ1n) is 12.1. The highest BCUT2D eigenvalue weighted by Gasteiger charge is 2.45. The first kappa shape index (κ1) is 22.6. The van der Waals surface area contributed by atoms with Gasteiger partial charge in [0.2, 0.25) is 5.91 Å². The number of fused-ring (bicyclic) bond motifs is 1. The lowest BCUT2D eigenvalue weighted by Crippen LogP contribution is -2.52. The second-order valence-electron chi connectivity index (χ2n) is 9.54. The molecule has 3 aromatic rings. The van der Waals surface area contributed by atoms with E-state index in [-0.39, 0.29) is 23.6 Å². The van der Waals surface area contributed by atoms with Gasteiger partial charge in [0.1, 0.15) is 11.4 Å². The maximum atomic E-state index is 11.8. The van der Waals surface area contributed by atoms with E-state index in [0.29, 0.717) is 13.0 Å². The summed E-state index contributed by atoms with van der Waals surface area (Å²) in [5, 5.41) is 22.0. The second-order valence-corrected chi connectivity index (χ2v) is 9.54. The van der Waals surface area contributed by atoms with E-state index < -0.39 is 6.10 Å². The van der Waals surface area contributed by atoms with Crippen molar-refractivity contribution in [2.24, 2.45) is 0 Å². The number of nitrogens with zero attached hydrogens (tertiary/aromatic N) is 2. The predicted molar refractivity (Wildman–Crippen MR) is 130 cm³/mol. The predicted octanol–water partition coefficient (Wildman–Crippen LogP) is 3.32. The molecule has 1 amide bonds. The summed E-state index contributed by atoms with van der Waals surface area (Å²) >= 11 is 0. The molecule has 7 nitrogen and oxygen atoms in total. The Bertz CT molecular complexity index is 1110. The highest BCUT2D eigenvalue weighted by Crippen LogP contribution is 2.49. The molecular formula is C27H32N4O3. The van der Waals surface area contributed by atoms with Crippen LogP contribution in [0.15, 0.2) is 67.0 Å². The third kappa shape index (κ3) is 4.86. The summed E-state index contributed by atoms with van der Waals surface area (Å²) in [5.74, 6) is 0.755. The minimum Gasteiger partial charge on any atom is -0.487 e. The number of nitrogens with one attached hydrogen (secondary N) is 2. The average Bonchev–Trinajstić information content (AvgIpc) is 3.36. The first-order chi connectivity index (χ1) is 16.5. The van der Waals surface area contributed by atoms with E-state index in [9.17, 15) is 9.90 Å². The Hall–Kier alpha value is -3.16. The van der Waals surface area contributed by atoms with Gasteiger partial charge in [-0.05, 0) is 55.5 Å². The number of carbonyl (C=O) groups excluding carboxylic acids is 1. The Morgan fingerprint density at radius 3 is 2.74 bits per heavy atom. The maximum Gasteiger partial charge on any atom is 0.217 e. The van der Waals surface area contributed by atoms with E-state index in [4.69, 9.17) is 4.74 Å². The van der Waals surface area contributed by atoms with Crippen molar-refractivity contribution >= 4 is 5.91 Å². The van der Waals surface area contributed by atoms with Gasteiger partial charge < -0.3 is 20.5 Å². The fourth-order valence-corrected chi connectivity index (χ4v) is 5.10. The molecule has 2 aromatic carbocycles. The number of rotatable bonds is 8. The topological polar surface area (TPSA) is 88.4 Å². The van der Waals surface area contributed by atoms with Crippen molar-refractivity contribution in [2.45, 2.75) is 62.8 Å². The molecule has 1 saturated carbocycles. The number of amides is 1. The zero-order chi connectivity index (χ0) is 23.5. The molecule has 0 unspecified atom stereocenters. The van der Waals surface area contributed by atoms with Crippen LogP contribution in [0, 0.1) is 0 Å². The number of carbonyl (C=O) groups is 1. The van der Waals surface area contributed by atoms with E-state index in [1.54, 1.807) is 6.20 Å². The molecule has 3 atom stereocenters. The van der Waals surface area contributed by atoms with Gasteiger partial charge in [-0.1, -0.05) is 30.3 Å². The first-order valence-corrected chi connectivity index (χ1v) is 12.1. The van der Waals surface area contributed by atoms with Crippen LogP contribution in [0.5, 0.6) is 5.75 Å². The van der Waals surface area contributed by atoms with Crippen molar-refractivity contribution in [3.63, 3.8) is 0 Å². The SMILES string of the molecule is CC(=O)N[C@@H](Cc1ccccc1)[C@H](O)CN[C@H]1CC2(CCC2)Oc2ccc(-n3cccn3)cc21. The number of aliphatic hydroxyl groups is 1. The molecule has 0 saturated heterocycles. The molecule has 1 aliphatic heterocycles. The van der Waals surface area contributed by atoms with E-state index >= 15 is 0 Å². The quantitative estimate of drug-likeness (QED) is 0.480. The summed E-state index contributed by atoms with van der Waals surface area (Å²) in [6, 6.07) is 17.7. The van der Waals surface area contributed by atoms with Crippen molar-refractivity contribution in [1.82, 2.24) is 20.4 Å². The highest BCUT2D eigenvalue weighted by molar-refractivity contribution is 5.73. The van der Waals surface area contributed by atoms with Gasteiger partial charge in [0.05, 0.1) is 17.8 Å². The van der Waals surface area contributed by atoms with Gasteiger partial charge in [-0.3, -0.25) is 4.79 Å². The summed E-state index contributed by atoms with van der Waals surface area (Å²) in [4.78, 5) is 11.8. The maximum absolute atomic E-state index is 11.8.